The molecule has 4 nitrogen and oxygen atoms in total. The third-order valence-corrected chi connectivity index (χ3v) is 4.56. The third kappa shape index (κ3) is 6.36. The molecule has 1 heterocycles. The van der Waals surface area contributed by atoms with Crippen LogP contribution in [0, 0.1) is 5.92 Å². The fourth-order valence-corrected chi connectivity index (χ4v) is 3.12. The Bertz CT molecular complexity index is 463. The number of carbonyl (C=O) groups is 1. The zero-order valence-electron chi connectivity index (χ0n) is 13.3. The van der Waals surface area contributed by atoms with E-state index in [0.29, 0.717) is 0 Å². The van der Waals surface area contributed by atoms with Crippen LogP contribution in [0.3, 0.4) is 0 Å². The lowest BCUT2D eigenvalue weighted by molar-refractivity contribution is 0.181. The first-order valence-electron chi connectivity index (χ1n) is 8.16. The van der Waals surface area contributed by atoms with Crippen LogP contribution in [0.15, 0.2) is 28.7 Å². The molecule has 1 fully saturated rings. The van der Waals surface area contributed by atoms with Gasteiger partial charge in [0.25, 0.3) is 0 Å². The summed E-state index contributed by atoms with van der Waals surface area (Å²) in [4.78, 5) is 14.3. The average molecular weight is 368 g/mol. The molecule has 5 heteroatoms. The average Bonchev–Trinajstić information content (AvgIpc) is 2.49. The van der Waals surface area contributed by atoms with Crippen molar-refractivity contribution in [1.82, 2.24) is 10.2 Å². The van der Waals surface area contributed by atoms with Crippen molar-refractivity contribution in [1.29, 1.82) is 0 Å². The van der Waals surface area contributed by atoms with Crippen LogP contribution in [0.5, 0.6) is 0 Å². The van der Waals surface area contributed by atoms with Crippen LogP contribution >= 0.6 is 15.9 Å². The summed E-state index contributed by atoms with van der Waals surface area (Å²) in [6, 6.07) is 7.45. The van der Waals surface area contributed by atoms with Crippen molar-refractivity contribution in [2.45, 2.75) is 32.6 Å². The lowest BCUT2D eigenvalue weighted by Gasteiger charge is -2.30. The zero-order chi connectivity index (χ0) is 15.8. The first-order chi connectivity index (χ1) is 10.6. The maximum Gasteiger partial charge on any atom is 0.319 e. The van der Waals surface area contributed by atoms with Crippen LogP contribution in [-0.4, -0.2) is 37.1 Å². The van der Waals surface area contributed by atoms with E-state index in [1.165, 1.54) is 25.9 Å². The molecule has 1 aromatic rings. The van der Waals surface area contributed by atoms with Crippen molar-refractivity contribution in [3.8, 4) is 0 Å². The number of nitrogens with zero attached hydrogens (tertiary/aromatic N) is 1. The van der Waals surface area contributed by atoms with Gasteiger partial charge in [-0.3, -0.25) is 0 Å². The van der Waals surface area contributed by atoms with Crippen LogP contribution in [0.1, 0.15) is 32.6 Å². The van der Waals surface area contributed by atoms with Crippen molar-refractivity contribution >= 4 is 27.6 Å². The Kier molecular flexibility index (Phi) is 7.19. The number of hydrogen-bond donors (Lipinski definition) is 2. The summed E-state index contributed by atoms with van der Waals surface area (Å²) < 4.78 is 1.01. The van der Waals surface area contributed by atoms with Gasteiger partial charge in [0.1, 0.15) is 0 Å². The quantitative estimate of drug-likeness (QED) is 0.743. The Labute approximate surface area is 141 Å². The number of nitrogens with one attached hydrogen (secondary N) is 2. The molecule has 2 amide bonds. The molecule has 22 heavy (non-hydrogen) atoms. The van der Waals surface area contributed by atoms with Gasteiger partial charge in [-0.1, -0.05) is 22.9 Å². The highest BCUT2D eigenvalue weighted by Gasteiger charge is 2.15. The van der Waals surface area contributed by atoms with Gasteiger partial charge < -0.3 is 15.5 Å². The number of benzene rings is 1. The van der Waals surface area contributed by atoms with E-state index in [4.69, 9.17) is 0 Å². The molecular weight excluding hydrogens is 342 g/mol. The summed E-state index contributed by atoms with van der Waals surface area (Å²) in [6.07, 6.45) is 4.87. The SMILES string of the molecule is C[C@H]1CCCN(CCCCNC(=O)Nc2ccc(Br)cc2)C1. The van der Waals surface area contributed by atoms with Crippen LogP contribution in [0.25, 0.3) is 0 Å². The molecule has 0 bridgehead atoms. The van der Waals surface area contributed by atoms with Crippen molar-refractivity contribution in [3.63, 3.8) is 0 Å². The van der Waals surface area contributed by atoms with E-state index in [2.05, 4.69) is 38.4 Å². The fourth-order valence-electron chi connectivity index (χ4n) is 2.86. The first kappa shape index (κ1) is 17.3. The molecule has 1 aliphatic rings. The molecule has 1 aromatic carbocycles. The van der Waals surface area contributed by atoms with Crippen molar-refractivity contribution in [2.24, 2.45) is 5.92 Å². The molecule has 0 aromatic heterocycles. The summed E-state index contributed by atoms with van der Waals surface area (Å²) in [5, 5.41) is 5.75. The van der Waals surface area contributed by atoms with Gasteiger partial charge in [0.15, 0.2) is 0 Å². The lowest BCUT2D eigenvalue weighted by atomic mass is 10.0. The van der Waals surface area contributed by atoms with Crippen LogP contribution in [0.2, 0.25) is 0 Å². The number of hydrogen-bond acceptors (Lipinski definition) is 2. The number of rotatable bonds is 6. The molecule has 0 unspecified atom stereocenters. The molecule has 1 atom stereocenters. The number of amides is 2. The Morgan fingerprint density at radius 3 is 2.82 bits per heavy atom. The standard InChI is InChI=1S/C17H26BrN3O/c1-14-5-4-12-21(13-14)11-3-2-10-19-17(22)20-16-8-6-15(18)7-9-16/h6-9,14H,2-5,10-13H2,1H3,(H2,19,20,22)/t14-/m0/s1. The molecule has 0 radical (unpaired) electrons. The van der Waals surface area contributed by atoms with Gasteiger partial charge in [-0.2, -0.15) is 0 Å². The highest BCUT2D eigenvalue weighted by molar-refractivity contribution is 9.10. The van der Waals surface area contributed by atoms with Gasteiger partial charge in [0.2, 0.25) is 0 Å². The Morgan fingerprint density at radius 2 is 2.09 bits per heavy atom. The second-order valence-electron chi connectivity index (χ2n) is 6.14. The van der Waals surface area contributed by atoms with Gasteiger partial charge in [0.05, 0.1) is 0 Å². The monoisotopic (exact) mass is 367 g/mol. The minimum absolute atomic E-state index is 0.131. The van der Waals surface area contributed by atoms with Gasteiger partial charge in [-0.15, -0.1) is 0 Å². The van der Waals surface area contributed by atoms with Crippen LogP contribution < -0.4 is 10.6 Å². The minimum Gasteiger partial charge on any atom is -0.338 e. The van der Waals surface area contributed by atoms with E-state index in [1.807, 2.05) is 24.3 Å². The van der Waals surface area contributed by atoms with E-state index in [0.717, 1.165) is 42.0 Å². The predicted molar refractivity (Wildman–Crippen MR) is 95.2 cm³/mol. The molecule has 0 saturated carbocycles. The Hall–Kier alpha value is -1.07. The second kappa shape index (κ2) is 9.16. The summed E-state index contributed by atoms with van der Waals surface area (Å²) in [7, 11) is 0. The van der Waals surface area contributed by atoms with Gasteiger partial charge in [-0.05, 0) is 69.0 Å². The van der Waals surface area contributed by atoms with Crippen molar-refractivity contribution in [3.05, 3.63) is 28.7 Å². The molecule has 0 aliphatic carbocycles. The first-order valence-corrected chi connectivity index (χ1v) is 8.95. The zero-order valence-corrected chi connectivity index (χ0v) is 14.9. The Balaban J connectivity index is 1.54. The molecule has 122 valence electrons. The van der Waals surface area contributed by atoms with E-state index < -0.39 is 0 Å². The maximum atomic E-state index is 11.8. The summed E-state index contributed by atoms with van der Waals surface area (Å²) in [6.45, 7) is 6.69. The van der Waals surface area contributed by atoms with Crippen LogP contribution in [0.4, 0.5) is 10.5 Å². The molecule has 2 rings (SSSR count). The van der Waals surface area contributed by atoms with E-state index in [1.54, 1.807) is 0 Å². The largest absolute Gasteiger partial charge is 0.338 e. The van der Waals surface area contributed by atoms with Crippen LogP contribution in [-0.2, 0) is 0 Å². The number of urea groups is 1. The highest BCUT2D eigenvalue weighted by atomic mass is 79.9. The van der Waals surface area contributed by atoms with E-state index in [9.17, 15) is 4.79 Å². The molecular formula is C17H26BrN3O. The summed E-state index contributed by atoms with van der Waals surface area (Å²) in [5.41, 5.74) is 0.808. The molecule has 2 N–H and O–H groups in total. The summed E-state index contributed by atoms with van der Waals surface area (Å²) in [5.74, 6) is 0.837. The normalized spacial score (nSPS) is 18.9. The number of anilines is 1. The van der Waals surface area contributed by atoms with Crippen molar-refractivity contribution in [2.75, 3.05) is 31.5 Å². The van der Waals surface area contributed by atoms with Crippen molar-refractivity contribution < 1.29 is 4.79 Å². The fraction of sp³-hybridized carbons (Fsp3) is 0.588. The lowest BCUT2D eigenvalue weighted by Crippen LogP contribution is -2.35. The number of halogens is 1. The highest BCUT2D eigenvalue weighted by Crippen LogP contribution is 2.16. The second-order valence-corrected chi connectivity index (χ2v) is 7.06. The minimum atomic E-state index is -0.131. The smallest absolute Gasteiger partial charge is 0.319 e. The van der Waals surface area contributed by atoms with Gasteiger partial charge in [-0.25, -0.2) is 4.79 Å². The number of unbranched alkanes of at least 4 members (excludes halogenated alkanes) is 1. The Morgan fingerprint density at radius 1 is 1.32 bits per heavy atom. The third-order valence-electron chi connectivity index (χ3n) is 4.03. The number of likely N-dealkylation sites (tertiary alicyclic amines) is 1. The molecule has 0 spiro atoms. The molecule has 1 aliphatic heterocycles. The van der Waals surface area contributed by atoms with E-state index in [-0.39, 0.29) is 6.03 Å². The number of carbonyl (C=O) groups excluding carboxylic acids is 1. The van der Waals surface area contributed by atoms with E-state index >= 15 is 0 Å². The predicted octanol–water partition coefficient (Wildman–Crippen LogP) is 4.08. The number of piperidine rings is 1. The summed E-state index contributed by atoms with van der Waals surface area (Å²) >= 11 is 3.37. The van der Waals surface area contributed by atoms with Gasteiger partial charge >= 0.3 is 6.03 Å². The topological polar surface area (TPSA) is 44.4 Å². The maximum absolute atomic E-state index is 11.8. The molecule has 1 saturated heterocycles. The van der Waals surface area contributed by atoms with Gasteiger partial charge in [0, 0.05) is 23.2 Å².